The lowest BCUT2D eigenvalue weighted by molar-refractivity contribution is -0.126. The van der Waals surface area contributed by atoms with Crippen molar-refractivity contribution in [3.63, 3.8) is 0 Å². The van der Waals surface area contributed by atoms with E-state index in [1.165, 1.54) is 30.5 Å². The van der Waals surface area contributed by atoms with Gasteiger partial charge in [-0.3, -0.25) is 4.79 Å². The van der Waals surface area contributed by atoms with E-state index in [0.717, 1.165) is 32.5 Å². The van der Waals surface area contributed by atoms with Gasteiger partial charge in [-0.2, -0.15) is 0 Å². The Morgan fingerprint density at radius 1 is 1.26 bits per heavy atom. The second-order valence-corrected chi connectivity index (χ2v) is 6.97. The molecule has 3 rings (SSSR count). The molecule has 0 radical (unpaired) electrons. The van der Waals surface area contributed by atoms with Crippen molar-refractivity contribution in [2.75, 3.05) is 24.5 Å². The number of hydrogen-bond donors (Lipinski definition) is 2. The van der Waals surface area contributed by atoms with Crippen LogP contribution in [0.2, 0.25) is 0 Å². The molecule has 2 atom stereocenters. The van der Waals surface area contributed by atoms with Crippen LogP contribution in [0.15, 0.2) is 24.3 Å². The van der Waals surface area contributed by atoms with Crippen molar-refractivity contribution >= 4 is 11.6 Å². The fraction of sp³-hybridized carbons (Fsp3) is 0.632. The molecule has 4 heteroatoms. The second kappa shape index (κ2) is 7.82. The Morgan fingerprint density at radius 2 is 2.04 bits per heavy atom. The largest absolute Gasteiger partial charge is 0.371 e. The van der Waals surface area contributed by atoms with Crippen molar-refractivity contribution in [1.29, 1.82) is 0 Å². The van der Waals surface area contributed by atoms with E-state index in [1.54, 1.807) is 0 Å². The molecule has 23 heavy (non-hydrogen) atoms. The summed E-state index contributed by atoms with van der Waals surface area (Å²) in [6.07, 6.45) is 5.77. The van der Waals surface area contributed by atoms with E-state index in [-0.39, 0.29) is 11.8 Å². The van der Waals surface area contributed by atoms with E-state index in [2.05, 4.69) is 46.7 Å². The Hall–Kier alpha value is -1.55. The van der Waals surface area contributed by atoms with Gasteiger partial charge < -0.3 is 15.5 Å². The van der Waals surface area contributed by atoms with Gasteiger partial charge in [0.1, 0.15) is 0 Å². The van der Waals surface area contributed by atoms with Crippen molar-refractivity contribution in [1.82, 2.24) is 10.6 Å². The summed E-state index contributed by atoms with van der Waals surface area (Å²) < 4.78 is 0. The molecule has 1 amide bonds. The molecule has 1 aromatic rings. The number of hydrogen-bond acceptors (Lipinski definition) is 3. The number of nitrogens with one attached hydrogen (secondary N) is 2. The fourth-order valence-electron chi connectivity index (χ4n) is 3.80. The summed E-state index contributed by atoms with van der Waals surface area (Å²) in [5, 5.41) is 6.58. The Bertz CT molecular complexity index is 525. The molecule has 126 valence electrons. The van der Waals surface area contributed by atoms with E-state index in [4.69, 9.17) is 0 Å². The van der Waals surface area contributed by atoms with Crippen molar-refractivity contribution < 1.29 is 4.79 Å². The van der Waals surface area contributed by atoms with Gasteiger partial charge in [-0.15, -0.1) is 0 Å². The number of anilines is 1. The van der Waals surface area contributed by atoms with Crippen molar-refractivity contribution in [2.45, 2.75) is 51.6 Å². The number of benzene rings is 1. The third kappa shape index (κ3) is 4.25. The Morgan fingerprint density at radius 3 is 2.83 bits per heavy atom. The van der Waals surface area contributed by atoms with Gasteiger partial charge >= 0.3 is 0 Å². The summed E-state index contributed by atoms with van der Waals surface area (Å²) in [5.74, 6) is 0.375. The van der Waals surface area contributed by atoms with Crippen LogP contribution in [0, 0.1) is 5.92 Å². The predicted octanol–water partition coefficient (Wildman–Crippen LogP) is 2.68. The molecule has 2 saturated heterocycles. The van der Waals surface area contributed by atoms with E-state index >= 15 is 0 Å². The number of rotatable bonds is 4. The predicted molar refractivity (Wildman–Crippen MR) is 94.5 cm³/mol. The lowest BCUT2D eigenvalue weighted by Crippen LogP contribution is -2.42. The minimum atomic E-state index is 0.161. The average molecular weight is 315 g/mol. The van der Waals surface area contributed by atoms with Crippen molar-refractivity contribution in [3.8, 4) is 0 Å². The lowest BCUT2D eigenvalue weighted by Gasteiger charge is -2.31. The molecular weight excluding hydrogens is 286 g/mol. The maximum absolute atomic E-state index is 12.5. The smallest absolute Gasteiger partial charge is 0.223 e. The molecule has 0 bridgehead atoms. The average Bonchev–Trinajstić information content (AvgIpc) is 2.60. The van der Waals surface area contributed by atoms with Crippen LogP contribution >= 0.6 is 0 Å². The van der Waals surface area contributed by atoms with Crippen molar-refractivity contribution in [3.05, 3.63) is 29.8 Å². The zero-order valence-electron chi connectivity index (χ0n) is 14.2. The molecule has 0 unspecified atom stereocenters. The number of para-hydroxylation sites is 1. The molecular formula is C19H29N3O. The van der Waals surface area contributed by atoms with Crippen LogP contribution < -0.4 is 15.5 Å². The molecule has 0 aliphatic carbocycles. The van der Waals surface area contributed by atoms with Crippen LogP contribution in [-0.2, 0) is 11.3 Å². The van der Waals surface area contributed by atoms with Gasteiger partial charge in [0.25, 0.3) is 0 Å². The first-order valence-corrected chi connectivity index (χ1v) is 9.08. The van der Waals surface area contributed by atoms with Crippen LogP contribution in [0.5, 0.6) is 0 Å². The summed E-state index contributed by atoms with van der Waals surface area (Å²) in [5.41, 5.74) is 2.54. The molecule has 1 aromatic carbocycles. The molecule has 0 spiro atoms. The summed E-state index contributed by atoms with van der Waals surface area (Å²) in [6, 6.07) is 8.96. The molecule has 2 heterocycles. The number of amides is 1. The normalized spacial score (nSPS) is 25.2. The Labute approximate surface area is 139 Å². The third-order valence-electron chi connectivity index (χ3n) is 5.14. The van der Waals surface area contributed by atoms with Crippen LogP contribution in [0.4, 0.5) is 5.69 Å². The number of carbonyl (C=O) groups excluding carboxylic acids is 1. The first-order valence-electron chi connectivity index (χ1n) is 9.08. The fourth-order valence-corrected chi connectivity index (χ4v) is 3.80. The first kappa shape index (κ1) is 16.3. The highest BCUT2D eigenvalue weighted by Gasteiger charge is 2.24. The highest BCUT2D eigenvalue weighted by Crippen LogP contribution is 2.24. The highest BCUT2D eigenvalue weighted by atomic mass is 16.1. The highest BCUT2D eigenvalue weighted by molar-refractivity contribution is 5.79. The second-order valence-electron chi connectivity index (χ2n) is 6.97. The van der Waals surface area contributed by atoms with Gasteiger partial charge in [0.15, 0.2) is 0 Å². The van der Waals surface area contributed by atoms with Crippen LogP contribution in [0.3, 0.4) is 0 Å². The molecule has 0 saturated carbocycles. The van der Waals surface area contributed by atoms with Gasteiger partial charge in [-0.25, -0.2) is 0 Å². The maximum Gasteiger partial charge on any atom is 0.223 e. The molecule has 2 aliphatic rings. The molecule has 4 nitrogen and oxygen atoms in total. The molecule has 2 N–H and O–H groups in total. The Balaban J connectivity index is 1.60. The number of carbonyl (C=O) groups is 1. The van der Waals surface area contributed by atoms with E-state index < -0.39 is 0 Å². The van der Waals surface area contributed by atoms with Gasteiger partial charge in [0, 0.05) is 37.3 Å². The lowest BCUT2D eigenvalue weighted by atomic mass is 9.92. The van der Waals surface area contributed by atoms with Gasteiger partial charge in [-0.1, -0.05) is 18.2 Å². The first-order chi connectivity index (χ1) is 11.2. The van der Waals surface area contributed by atoms with E-state index in [9.17, 15) is 4.79 Å². The van der Waals surface area contributed by atoms with E-state index in [1.807, 2.05) is 0 Å². The van der Waals surface area contributed by atoms with Gasteiger partial charge in [-0.05, 0) is 57.2 Å². The van der Waals surface area contributed by atoms with Crippen LogP contribution in [0.1, 0.15) is 44.6 Å². The third-order valence-corrected chi connectivity index (χ3v) is 5.14. The van der Waals surface area contributed by atoms with Gasteiger partial charge in [0.2, 0.25) is 5.91 Å². The summed E-state index contributed by atoms with van der Waals surface area (Å²) in [4.78, 5) is 14.9. The van der Waals surface area contributed by atoms with Crippen LogP contribution in [0.25, 0.3) is 0 Å². The quantitative estimate of drug-likeness (QED) is 0.898. The Kier molecular flexibility index (Phi) is 5.55. The minimum absolute atomic E-state index is 0.161. The summed E-state index contributed by atoms with van der Waals surface area (Å²) in [6.45, 7) is 6.02. The SMILES string of the molecule is C[C@H]1C[C@@H](C(=O)NCc2ccccc2N2CCCCC2)CCN1. The summed E-state index contributed by atoms with van der Waals surface area (Å²) in [7, 11) is 0. The van der Waals surface area contributed by atoms with E-state index in [0.29, 0.717) is 12.6 Å². The standard InChI is InChI=1S/C19H29N3O/c1-15-13-16(9-10-20-15)19(23)21-14-17-7-3-4-8-18(17)22-11-5-2-6-12-22/h3-4,7-8,15-16,20H,2,5-6,9-14H2,1H3,(H,21,23)/t15-,16-/m0/s1. The number of piperidine rings is 2. The molecule has 2 aliphatic heterocycles. The van der Waals surface area contributed by atoms with Gasteiger partial charge in [0.05, 0.1) is 0 Å². The topological polar surface area (TPSA) is 44.4 Å². The molecule has 2 fully saturated rings. The minimum Gasteiger partial charge on any atom is -0.371 e. The molecule has 0 aromatic heterocycles. The monoisotopic (exact) mass is 315 g/mol. The zero-order valence-corrected chi connectivity index (χ0v) is 14.2. The van der Waals surface area contributed by atoms with Crippen LogP contribution in [-0.4, -0.2) is 31.6 Å². The zero-order chi connectivity index (χ0) is 16.1. The number of nitrogens with zero attached hydrogens (tertiary/aromatic N) is 1. The maximum atomic E-state index is 12.5. The summed E-state index contributed by atoms with van der Waals surface area (Å²) >= 11 is 0. The van der Waals surface area contributed by atoms with Crippen molar-refractivity contribution in [2.24, 2.45) is 5.92 Å².